The summed E-state index contributed by atoms with van der Waals surface area (Å²) < 4.78 is 40.4. The van der Waals surface area contributed by atoms with Gasteiger partial charge in [-0.3, -0.25) is 14.3 Å². The molecule has 4 rings (SSSR count). The van der Waals surface area contributed by atoms with E-state index >= 15 is 0 Å². The molecule has 0 spiro atoms. The van der Waals surface area contributed by atoms with Gasteiger partial charge in [0.15, 0.2) is 4.80 Å². The van der Waals surface area contributed by atoms with Crippen LogP contribution in [0.1, 0.15) is 40.1 Å². The van der Waals surface area contributed by atoms with E-state index in [1.807, 2.05) is 6.92 Å². The van der Waals surface area contributed by atoms with E-state index in [1.54, 1.807) is 50.2 Å². The van der Waals surface area contributed by atoms with E-state index < -0.39 is 27.9 Å². The lowest BCUT2D eigenvalue weighted by Gasteiger charge is -2.09. The number of amides is 1. The summed E-state index contributed by atoms with van der Waals surface area (Å²) in [5, 5.41) is 0. The molecule has 3 aromatic carbocycles. The highest BCUT2D eigenvalue weighted by Crippen LogP contribution is 2.21. The van der Waals surface area contributed by atoms with Crippen LogP contribution in [-0.4, -0.2) is 44.0 Å². The number of hydrogen-bond acceptors (Lipinski definition) is 8. The number of anilines is 1. The fraction of sp³-hybridized carbons (Fsp3) is 0.214. The zero-order chi connectivity index (χ0) is 28.9. The summed E-state index contributed by atoms with van der Waals surface area (Å²) in [5.74, 6) is -1.65. The largest absolute Gasteiger partial charge is 0.465 e. The molecule has 0 atom stereocenters. The highest BCUT2D eigenvalue weighted by molar-refractivity contribution is 7.92. The van der Waals surface area contributed by atoms with Gasteiger partial charge in [-0.15, -0.1) is 0 Å². The van der Waals surface area contributed by atoms with Crippen molar-refractivity contribution in [1.29, 1.82) is 0 Å². The summed E-state index contributed by atoms with van der Waals surface area (Å²) in [6.07, 6.45) is 0. The number of aromatic nitrogens is 1. The zero-order valence-corrected chi connectivity index (χ0v) is 23.7. The van der Waals surface area contributed by atoms with Crippen LogP contribution in [0.5, 0.6) is 0 Å². The van der Waals surface area contributed by atoms with E-state index in [2.05, 4.69) is 9.71 Å². The van der Waals surface area contributed by atoms with Gasteiger partial charge < -0.3 is 14.0 Å². The van der Waals surface area contributed by atoms with E-state index in [4.69, 9.17) is 9.47 Å². The first kappa shape index (κ1) is 28.7. The third-order valence-corrected chi connectivity index (χ3v) is 8.11. The number of nitrogens with one attached hydrogen (secondary N) is 1. The molecule has 0 fully saturated rings. The molecule has 0 unspecified atom stereocenters. The fourth-order valence-corrected chi connectivity index (χ4v) is 5.90. The third kappa shape index (κ3) is 6.64. The van der Waals surface area contributed by atoms with Gasteiger partial charge in [0.2, 0.25) is 0 Å². The number of thiazole rings is 1. The molecule has 0 aliphatic rings. The molecule has 208 valence electrons. The number of hydrogen-bond donors (Lipinski definition) is 1. The molecular formula is C28H27N3O7S2. The average molecular weight is 582 g/mol. The van der Waals surface area contributed by atoms with Crippen molar-refractivity contribution in [3.63, 3.8) is 0 Å². The molecule has 0 aliphatic heterocycles. The van der Waals surface area contributed by atoms with Crippen molar-refractivity contribution >= 4 is 55.1 Å². The molecule has 0 saturated carbocycles. The molecular weight excluding hydrogens is 554 g/mol. The number of benzene rings is 3. The van der Waals surface area contributed by atoms with Crippen LogP contribution in [0.3, 0.4) is 0 Å². The van der Waals surface area contributed by atoms with Crippen molar-refractivity contribution < 1.29 is 32.3 Å². The van der Waals surface area contributed by atoms with E-state index in [-0.39, 0.29) is 40.7 Å². The Bertz CT molecular complexity index is 1750. The number of aryl methyl sites for hydroxylation is 1. The van der Waals surface area contributed by atoms with Crippen LogP contribution in [0.2, 0.25) is 0 Å². The molecule has 12 heteroatoms. The number of esters is 2. The molecule has 0 bridgehead atoms. The van der Waals surface area contributed by atoms with E-state index in [0.717, 1.165) is 16.9 Å². The summed E-state index contributed by atoms with van der Waals surface area (Å²) in [7, 11) is -3.87. The van der Waals surface area contributed by atoms with Gasteiger partial charge in [0, 0.05) is 11.3 Å². The molecule has 1 amide bonds. The van der Waals surface area contributed by atoms with Crippen LogP contribution in [0, 0.1) is 6.92 Å². The number of carbonyl (C=O) groups is 3. The Kier molecular flexibility index (Phi) is 8.80. The van der Waals surface area contributed by atoms with Gasteiger partial charge in [0.1, 0.15) is 6.54 Å². The lowest BCUT2D eigenvalue weighted by Crippen LogP contribution is -2.23. The van der Waals surface area contributed by atoms with Crippen molar-refractivity contribution in [2.45, 2.75) is 32.2 Å². The highest BCUT2D eigenvalue weighted by atomic mass is 32.2. The smallest absolute Gasteiger partial charge is 0.338 e. The molecule has 1 aromatic heterocycles. The summed E-state index contributed by atoms with van der Waals surface area (Å²) >= 11 is 1.12. The van der Waals surface area contributed by atoms with Crippen LogP contribution < -0.4 is 9.52 Å². The monoisotopic (exact) mass is 581 g/mol. The molecule has 0 saturated heterocycles. The molecule has 1 N–H and O–H groups in total. The average Bonchev–Trinajstić information content (AvgIpc) is 3.24. The minimum Gasteiger partial charge on any atom is -0.465 e. The number of rotatable bonds is 9. The molecule has 4 aromatic rings. The minimum atomic E-state index is -3.87. The molecule has 0 radical (unpaired) electrons. The van der Waals surface area contributed by atoms with Gasteiger partial charge in [0.05, 0.1) is 33.9 Å². The van der Waals surface area contributed by atoms with Crippen LogP contribution in [0.25, 0.3) is 10.2 Å². The summed E-state index contributed by atoms with van der Waals surface area (Å²) in [6.45, 7) is 5.46. The Morgan fingerprint density at radius 1 is 0.925 bits per heavy atom. The summed E-state index contributed by atoms with van der Waals surface area (Å²) in [6, 6.07) is 17.2. The van der Waals surface area contributed by atoms with Crippen molar-refractivity contribution in [3.8, 4) is 0 Å². The Morgan fingerprint density at radius 3 is 2.35 bits per heavy atom. The maximum atomic E-state index is 13.2. The van der Waals surface area contributed by atoms with E-state index in [9.17, 15) is 22.8 Å². The van der Waals surface area contributed by atoms with Gasteiger partial charge in [-0.1, -0.05) is 35.1 Å². The Balaban J connectivity index is 1.70. The van der Waals surface area contributed by atoms with Crippen LogP contribution in [-0.2, 0) is 30.8 Å². The second-order valence-electron chi connectivity index (χ2n) is 8.60. The maximum absolute atomic E-state index is 13.2. The van der Waals surface area contributed by atoms with Crippen molar-refractivity contribution in [3.05, 3.63) is 88.2 Å². The first-order chi connectivity index (χ1) is 19.1. The summed E-state index contributed by atoms with van der Waals surface area (Å²) in [5.41, 5.74) is 2.15. The standard InChI is InChI=1S/C28H27N3O7S2/c1-4-37-25(32)17-31-23-14-11-20(27(34)38-5-2)16-24(23)39-28(31)29-26(33)19-7-6-8-21(15-19)30-40(35,36)22-12-9-18(3)10-13-22/h6-16,30H,4-5,17H2,1-3H3. The number of ether oxygens (including phenoxy) is 2. The number of carbonyl (C=O) groups excluding carboxylic acids is 3. The second kappa shape index (κ2) is 12.3. The quantitative estimate of drug-likeness (QED) is 0.292. The molecule has 40 heavy (non-hydrogen) atoms. The first-order valence-electron chi connectivity index (χ1n) is 12.4. The van der Waals surface area contributed by atoms with Crippen LogP contribution >= 0.6 is 11.3 Å². The zero-order valence-electron chi connectivity index (χ0n) is 22.0. The minimum absolute atomic E-state index is 0.0898. The van der Waals surface area contributed by atoms with Gasteiger partial charge in [-0.05, 0) is 69.3 Å². The molecule has 0 aliphatic carbocycles. The van der Waals surface area contributed by atoms with Gasteiger partial charge in [0.25, 0.3) is 15.9 Å². The van der Waals surface area contributed by atoms with Crippen LogP contribution in [0.15, 0.2) is 76.6 Å². The molecule has 1 heterocycles. The number of nitrogens with zero attached hydrogens (tertiary/aromatic N) is 2. The highest BCUT2D eigenvalue weighted by Gasteiger charge is 2.17. The van der Waals surface area contributed by atoms with E-state index in [1.165, 1.54) is 34.9 Å². The SMILES string of the molecule is CCOC(=O)Cn1c(=NC(=O)c2cccc(NS(=O)(=O)c3ccc(C)cc3)c2)sc2cc(C(=O)OCC)ccc21. The van der Waals surface area contributed by atoms with E-state index in [0.29, 0.717) is 15.8 Å². The first-order valence-corrected chi connectivity index (χ1v) is 14.7. The Hall–Kier alpha value is -4.29. The number of sulfonamides is 1. The van der Waals surface area contributed by atoms with Gasteiger partial charge in [-0.25, -0.2) is 13.2 Å². The predicted molar refractivity (Wildman–Crippen MR) is 151 cm³/mol. The van der Waals surface area contributed by atoms with Crippen molar-refractivity contribution in [1.82, 2.24) is 4.57 Å². The lowest BCUT2D eigenvalue weighted by molar-refractivity contribution is -0.143. The Morgan fingerprint density at radius 2 is 1.65 bits per heavy atom. The van der Waals surface area contributed by atoms with Gasteiger partial charge >= 0.3 is 11.9 Å². The van der Waals surface area contributed by atoms with Crippen molar-refractivity contribution in [2.75, 3.05) is 17.9 Å². The maximum Gasteiger partial charge on any atom is 0.338 e. The topological polar surface area (TPSA) is 133 Å². The summed E-state index contributed by atoms with van der Waals surface area (Å²) in [4.78, 5) is 42.3. The second-order valence-corrected chi connectivity index (χ2v) is 11.3. The normalized spacial score (nSPS) is 11.8. The number of fused-ring (bicyclic) bond motifs is 1. The third-order valence-electron chi connectivity index (χ3n) is 5.68. The lowest BCUT2D eigenvalue weighted by atomic mass is 10.2. The van der Waals surface area contributed by atoms with Gasteiger partial charge in [-0.2, -0.15) is 4.99 Å². The van der Waals surface area contributed by atoms with Crippen molar-refractivity contribution in [2.24, 2.45) is 4.99 Å². The fourth-order valence-electron chi connectivity index (χ4n) is 3.79. The van der Waals surface area contributed by atoms with Crippen LogP contribution in [0.4, 0.5) is 5.69 Å². The Labute approximate surface area is 234 Å². The molecule has 10 nitrogen and oxygen atoms in total. The predicted octanol–water partition coefficient (Wildman–Crippen LogP) is 4.29.